The molecule has 4 nitrogen and oxygen atoms in total. The van der Waals surface area contributed by atoms with E-state index in [4.69, 9.17) is 8.83 Å². The fourth-order valence-electron chi connectivity index (χ4n) is 9.80. The number of fused-ring (bicyclic) bond motifs is 10. The second kappa shape index (κ2) is 13.6. The summed E-state index contributed by atoms with van der Waals surface area (Å²) in [5, 5.41) is 9.31. The second-order valence-electron chi connectivity index (χ2n) is 16.0. The summed E-state index contributed by atoms with van der Waals surface area (Å²) >= 11 is 0. The van der Waals surface area contributed by atoms with E-state index >= 15 is 0 Å². The van der Waals surface area contributed by atoms with Crippen LogP contribution in [0.15, 0.2) is 227 Å². The molecule has 0 amide bonds. The average molecular weight is 793 g/mol. The van der Waals surface area contributed by atoms with Gasteiger partial charge in [-0.2, -0.15) is 0 Å². The largest absolute Gasteiger partial charge is 0.455 e. The van der Waals surface area contributed by atoms with E-state index in [1.165, 1.54) is 27.2 Å². The number of furan rings is 2. The Labute approximate surface area is 356 Å². The number of hydrogen-bond acceptors (Lipinski definition) is 3. The molecule has 4 heteroatoms. The highest BCUT2D eigenvalue weighted by molar-refractivity contribution is 6.13. The van der Waals surface area contributed by atoms with E-state index in [0.717, 1.165) is 94.3 Å². The van der Waals surface area contributed by atoms with Crippen LogP contribution < -0.4 is 4.90 Å². The van der Waals surface area contributed by atoms with Crippen molar-refractivity contribution in [1.82, 2.24) is 4.57 Å². The first kappa shape index (κ1) is 34.5. The third-order valence-electron chi connectivity index (χ3n) is 12.6. The summed E-state index contributed by atoms with van der Waals surface area (Å²) in [5.74, 6) is 0. The second-order valence-corrected chi connectivity index (χ2v) is 16.0. The summed E-state index contributed by atoms with van der Waals surface area (Å²) in [4.78, 5) is 2.38. The third kappa shape index (κ3) is 5.20. The van der Waals surface area contributed by atoms with Gasteiger partial charge in [0.15, 0.2) is 0 Å². The van der Waals surface area contributed by atoms with Crippen LogP contribution in [0.2, 0.25) is 0 Å². The van der Waals surface area contributed by atoms with Crippen molar-refractivity contribution in [3.63, 3.8) is 0 Å². The number of benzene rings is 10. The first-order valence-corrected chi connectivity index (χ1v) is 21.1. The summed E-state index contributed by atoms with van der Waals surface area (Å²) in [6, 6.07) is 78.0. The fourth-order valence-corrected chi connectivity index (χ4v) is 9.80. The van der Waals surface area contributed by atoms with Crippen LogP contribution in [0.3, 0.4) is 0 Å². The molecule has 3 aromatic heterocycles. The number of hydrogen-bond donors (Lipinski definition) is 0. The standard InChI is InChI=1S/C58H36N2O2/c1-2-14-46-45(13-1)53(35-36-54(46)60-51-23-7-3-15-43(51)44-16-4-8-24-52(44)60)59(39-31-27-37(28-32-39)41-19-11-21-49-47-17-5-9-25-55(47)61-57(41)49)40-33-29-38(30-34-40)42-20-12-22-50-48-18-6-10-26-56(48)62-58(42)50/h1-36H. The van der Waals surface area contributed by atoms with Crippen LogP contribution >= 0.6 is 0 Å². The number of nitrogens with zero attached hydrogens (tertiary/aromatic N) is 2. The van der Waals surface area contributed by atoms with E-state index in [0.29, 0.717) is 0 Å². The van der Waals surface area contributed by atoms with Crippen molar-refractivity contribution in [2.45, 2.75) is 0 Å². The zero-order valence-corrected chi connectivity index (χ0v) is 33.5. The van der Waals surface area contributed by atoms with E-state index < -0.39 is 0 Å². The van der Waals surface area contributed by atoms with Crippen LogP contribution in [0.5, 0.6) is 0 Å². The van der Waals surface area contributed by atoms with Crippen LogP contribution in [0, 0.1) is 0 Å². The topological polar surface area (TPSA) is 34.5 Å². The Balaban J connectivity index is 0.987. The predicted octanol–water partition coefficient (Wildman–Crippen LogP) is 16.5. The highest BCUT2D eigenvalue weighted by Gasteiger charge is 2.21. The first-order chi connectivity index (χ1) is 30.8. The van der Waals surface area contributed by atoms with Crippen LogP contribution in [-0.2, 0) is 0 Å². The lowest BCUT2D eigenvalue weighted by molar-refractivity contribution is 0.669. The molecule has 10 aromatic carbocycles. The highest BCUT2D eigenvalue weighted by Crippen LogP contribution is 2.45. The van der Waals surface area contributed by atoms with Gasteiger partial charge in [0.1, 0.15) is 22.3 Å². The summed E-state index contributed by atoms with van der Waals surface area (Å²) in [7, 11) is 0. The Kier molecular flexibility index (Phi) is 7.57. The van der Waals surface area contributed by atoms with Gasteiger partial charge in [0, 0.05) is 65.6 Å². The lowest BCUT2D eigenvalue weighted by Gasteiger charge is -2.28. The molecule has 0 aliphatic rings. The summed E-state index contributed by atoms with van der Waals surface area (Å²) in [6.07, 6.45) is 0. The van der Waals surface area contributed by atoms with Crippen molar-refractivity contribution in [3.05, 3.63) is 218 Å². The predicted molar refractivity (Wildman–Crippen MR) is 258 cm³/mol. The molecule has 0 spiro atoms. The van der Waals surface area contributed by atoms with Crippen LogP contribution in [0.4, 0.5) is 17.1 Å². The molecule has 0 fully saturated rings. The van der Waals surface area contributed by atoms with Crippen molar-refractivity contribution < 1.29 is 8.83 Å². The molecule has 13 rings (SSSR count). The van der Waals surface area contributed by atoms with Gasteiger partial charge < -0.3 is 18.3 Å². The maximum absolute atomic E-state index is 6.47. The summed E-state index contributed by atoms with van der Waals surface area (Å²) < 4.78 is 15.4. The first-order valence-electron chi connectivity index (χ1n) is 21.1. The molecule has 0 saturated heterocycles. The van der Waals surface area contributed by atoms with Gasteiger partial charge in [-0.25, -0.2) is 0 Å². The quantitative estimate of drug-likeness (QED) is 0.168. The van der Waals surface area contributed by atoms with Gasteiger partial charge >= 0.3 is 0 Å². The molecule has 62 heavy (non-hydrogen) atoms. The Hall–Kier alpha value is -8.34. The van der Waals surface area contributed by atoms with Crippen LogP contribution in [-0.4, -0.2) is 4.57 Å². The highest BCUT2D eigenvalue weighted by atomic mass is 16.3. The SMILES string of the molecule is c1ccc2c(c1)oc1c(-c3ccc(N(c4ccc(-c5cccc6c5oc5ccccc56)cc4)c4ccc(-n5c6ccccc6c6ccccc65)c5ccccc45)cc3)cccc12. The van der Waals surface area contributed by atoms with Gasteiger partial charge in [0.25, 0.3) is 0 Å². The molecule has 0 saturated carbocycles. The molecule has 0 aliphatic heterocycles. The maximum Gasteiger partial charge on any atom is 0.143 e. The Morgan fingerprint density at radius 1 is 0.306 bits per heavy atom. The number of anilines is 3. The van der Waals surface area contributed by atoms with E-state index in [1.807, 2.05) is 24.3 Å². The molecule has 0 radical (unpaired) electrons. The molecule has 0 bridgehead atoms. The minimum absolute atomic E-state index is 0.897. The van der Waals surface area contributed by atoms with Gasteiger partial charge in [0.2, 0.25) is 0 Å². The smallest absolute Gasteiger partial charge is 0.143 e. The summed E-state index contributed by atoms with van der Waals surface area (Å²) in [5.41, 5.74) is 14.6. The zero-order valence-electron chi connectivity index (χ0n) is 33.5. The van der Waals surface area contributed by atoms with E-state index in [9.17, 15) is 0 Å². The number of aromatic nitrogens is 1. The van der Waals surface area contributed by atoms with E-state index in [1.54, 1.807) is 0 Å². The molecular weight excluding hydrogens is 757 g/mol. The minimum atomic E-state index is 0.897. The maximum atomic E-state index is 6.47. The lowest BCUT2D eigenvalue weighted by atomic mass is 10.00. The van der Waals surface area contributed by atoms with Crippen molar-refractivity contribution in [3.8, 4) is 27.9 Å². The molecule has 0 aliphatic carbocycles. The molecular formula is C58H36N2O2. The molecule has 13 aromatic rings. The van der Waals surface area contributed by atoms with Crippen molar-refractivity contribution in [1.29, 1.82) is 0 Å². The van der Waals surface area contributed by atoms with Gasteiger partial charge in [-0.3, -0.25) is 0 Å². The van der Waals surface area contributed by atoms with Crippen LogP contribution in [0.25, 0.3) is 104 Å². The minimum Gasteiger partial charge on any atom is -0.455 e. The van der Waals surface area contributed by atoms with E-state index in [2.05, 4.69) is 204 Å². The Morgan fingerprint density at radius 2 is 0.726 bits per heavy atom. The van der Waals surface area contributed by atoms with E-state index in [-0.39, 0.29) is 0 Å². The third-order valence-corrected chi connectivity index (χ3v) is 12.6. The zero-order chi connectivity index (χ0) is 40.7. The van der Waals surface area contributed by atoms with Crippen molar-refractivity contribution in [2.24, 2.45) is 0 Å². The Morgan fingerprint density at radius 3 is 1.24 bits per heavy atom. The van der Waals surface area contributed by atoms with Crippen LogP contribution in [0.1, 0.15) is 0 Å². The lowest BCUT2D eigenvalue weighted by Crippen LogP contribution is -2.11. The fraction of sp³-hybridized carbons (Fsp3) is 0. The average Bonchev–Trinajstić information content (AvgIpc) is 4.02. The molecule has 290 valence electrons. The van der Waals surface area contributed by atoms with Gasteiger partial charge in [-0.05, 0) is 71.8 Å². The summed E-state index contributed by atoms with van der Waals surface area (Å²) in [6.45, 7) is 0. The van der Waals surface area contributed by atoms with Crippen molar-refractivity contribution in [2.75, 3.05) is 4.90 Å². The molecule has 0 atom stereocenters. The van der Waals surface area contributed by atoms with Gasteiger partial charge in [0.05, 0.1) is 22.4 Å². The number of para-hydroxylation sites is 6. The number of rotatable bonds is 6. The molecule has 3 heterocycles. The monoisotopic (exact) mass is 792 g/mol. The van der Waals surface area contributed by atoms with Gasteiger partial charge in [-0.15, -0.1) is 0 Å². The molecule has 0 N–H and O–H groups in total. The Bertz CT molecular complexity index is 3660. The van der Waals surface area contributed by atoms with Crippen molar-refractivity contribution >= 4 is 93.5 Å². The normalized spacial score (nSPS) is 11.9. The van der Waals surface area contributed by atoms with Gasteiger partial charge in [-0.1, -0.05) is 158 Å². The molecule has 0 unspecified atom stereocenters.